The zero-order valence-electron chi connectivity index (χ0n) is 11.3. The number of H-pyrrole nitrogens is 1. The van der Waals surface area contributed by atoms with Gasteiger partial charge in [0.2, 0.25) is 0 Å². The lowest BCUT2D eigenvalue weighted by Crippen LogP contribution is -2.08. The van der Waals surface area contributed by atoms with Gasteiger partial charge in [0, 0.05) is 28.5 Å². The average molecular weight is 318 g/mol. The molecular weight excluding hydrogens is 306 g/mol. The smallest absolute Gasteiger partial charge is 0.251 e. The van der Waals surface area contributed by atoms with Crippen LogP contribution in [0.1, 0.15) is 11.3 Å². The van der Waals surface area contributed by atoms with E-state index in [0.717, 1.165) is 16.5 Å². The number of nitrogens with one attached hydrogen (secondary N) is 1. The minimum atomic E-state index is -0.146. The minimum absolute atomic E-state index is 0.146. The van der Waals surface area contributed by atoms with Crippen LogP contribution in [0.4, 0.5) is 0 Å². The molecule has 0 aliphatic rings. The van der Waals surface area contributed by atoms with Gasteiger partial charge in [-0.3, -0.25) is 4.79 Å². The van der Waals surface area contributed by atoms with Gasteiger partial charge in [-0.1, -0.05) is 41.6 Å². The van der Waals surface area contributed by atoms with Crippen LogP contribution < -0.4 is 5.56 Å². The lowest BCUT2D eigenvalue weighted by molar-refractivity contribution is 0.905. The van der Waals surface area contributed by atoms with Crippen molar-refractivity contribution in [1.82, 2.24) is 15.0 Å². The Kier molecular flexibility index (Phi) is 3.94. The number of aromatic nitrogens is 3. The third kappa shape index (κ3) is 3.25. The van der Waals surface area contributed by atoms with Crippen LogP contribution in [-0.2, 0) is 5.75 Å². The molecule has 4 nitrogen and oxygen atoms in total. The van der Waals surface area contributed by atoms with Crippen molar-refractivity contribution >= 4 is 34.3 Å². The first-order valence-corrected chi connectivity index (χ1v) is 7.73. The number of thioether (sulfide) groups is 1. The number of fused-ring (bicyclic) bond motifs is 1. The maximum absolute atomic E-state index is 11.4. The van der Waals surface area contributed by atoms with Gasteiger partial charge in [0.25, 0.3) is 5.56 Å². The first-order chi connectivity index (χ1) is 10.1. The van der Waals surface area contributed by atoms with Gasteiger partial charge in [-0.15, -0.1) is 0 Å². The van der Waals surface area contributed by atoms with Crippen LogP contribution in [-0.4, -0.2) is 15.0 Å². The minimum Gasteiger partial charge on any atom is -0.301 e. The molecule has 0 radical (unpaired) electrons. The molecule has 0 amide bonds. The van der Waals surface area contributed by atoms with Crippen LogP contribution in [0.25, 0.3) is 10.9 Å². The Morgan fingerprint density at radius 3 is 2.86 bits per heavy atom. The summed E-state index contributed by atoms with van der Waals surface area (Å²) < 4.78 is 0. The second-order valence-corrected chi connectivity index (χ2v) is 5.93. The van der Waals surface area contributed by atoms with E-state index in [4.69, 9.17) is 11.6 Å². The molecule has 0 atom stereocenters. The Labute approximate surface area is 130 Å². The summed E-state index contributed by atoms with van der Waals surface area (Å²) in [5.74, 6) is 0.600. The fourth-order valence-corrected chi connectivity index (χ4v) is 3.19. The molecule has 0 saturated carbocycles. The summed E-state index contributed by atoms with van der Waals surface area (Å²) >= 11 is 7.65. The quantitative estimate of drug-likeness (QED) is 0.456. The largest absolute Gasteiger partial charge is 0.301 e. The summed E-state index contributed by atoms with van der Waals surface area (Å²) in [5.41, 5.74) is 2.35. The molecule has 0 aliphatic carbocycles. The van der Waals surface area contributed by atoms with E-state index in [2.05, 4.69) is 15.0 Å². The summed E-state index contributed by atoms with van der Waals surface area (Å²) in [5, 5.41) is 2.11. The number of halogens is 1. The lowest BCUT2D eigenvalue weighted by Gasteiger charge is -2.06. The molecule has 0 fully saturated rings. The monoisotopic (exact) mass is 317 g/mol. The second-order valence-electron chi connectivity index (χ2n) is 4.61. The number of hydrogen-bond acceptors (Lipinski definition) is 4. The summed E-state index contributed by atoms with van der Waals surface area (Å²) in [6, 6.07) is 11.3. The molecule has 1 aromatic carbocycles. The van der Waals surface area contributed by atoms with Gasteiger partial charge in [0.05, 0.1) is 5.52 Å². The van der Waals surface area contributed by atoms with Gasteiger partial charge < -0.3 is 4.98 Å². The van der Waals surface area contributed by atoms with Crippen LogP contribution in [0.15, 0.2) is 46.3 Å². The Morgan fingerprint density at radius 1 is 1.24 bits per heavy atom. The number of rotatable bonds is 3. The second kappa shape index (κ2) is 5.87. The number of hydrogen-bond donors (Lipinski definition) is 1. The normalized spacial score (nSPS) is 11.0. The Hall–Kier alpha value is -1.85. The predicted molar refractivity (Wildman–Crippen MR) is 85.9 cm³/mol. The van der Waals surface area contributed by atoms with Crippen molar-refractivity contribution in [3.8, 4) is 0 Å². The molecule has 0 aliphatic heterocycles. The summed E-state index contributed by atoms with van der Waals surface area (Å²) in [6.07, 6.45) is 0. The van der Waals surface area contributed by atoms with Gasteiger partial charge in [-0.05, 0) is 19.1 Å². The zero-order chi connectivity index (χ0) is 14.8. The summed E-state index contributed by atoms with van der Waals surface area (Å²) in [7, 11) is 0. The number of aromatic amines is 1. The summed E-state index contributed by atoms with van der Waals surface area (Å²) in [6.45, 7) is 1.80. The van der Waals surface area contributed by atoms with Crippen molar-refractivity contribution in [1.29, 1.82) is 0 Å². The molecule has 2 heterocycles. The van der Waals surface area contributed by atoms with E-state index in [0.29, 0.717) is 21.8 Å². The maximum Gasteiger partial charge on any atom is 0.251 e. The topological polar surface area (TPSA) is 58.6 Å². The molecule has 21 heavy (non-hydrogen) atoms. The Bertz CT molecular complexity index is 863. The summed E-state index contributed by atoms with van der Waals surface area (Å²) in [4.78, 5) is 22.8. The molecule has 3 aromatic rings. The molecule has 1 N–H and O–H groups in total. The number of pyridine rings is 1. The number of nitrogens with zero attached hydrogens (tertiary/aromatic N) is 2. The molecule has 106 valence electrons. The highest BCUT2D eigenvalue weighted by molar-refractivity contribution is 7.98. The van der Waals surface area contributed by atoms with E-state index in [1.54, 1.807) is 6.92 Å². The Balaban J connectivity index is 1.87. The van der Waals surface area contributed by atoms with Gasteiger partial charge in [-0.2, -0.15) is 0 Å². The third-order valence-electron chi connectivity index (χ3n) is 2.96. The molecule has 0 bridgehead atoms. The molecule has 0 saturated heterocycles. The zero-order valence-corrected chi connectivity index (χ0v) is 12.8. The average Bonchev–Trinajstić information content (AvgIpc) is 2.44. The van der Waals surface area contributed by atoms with Crippen molar-refractivity contribution in [3.63, 3.8) is 0 Å². The standard InChI is InChI=1S/C15H12ClN3OS/c1-9-6-13(20)19-15(17-9)21-8-11-7-10-4-2-3-5-12(10)18-14(11)16/h2-7H,8H2,1H3,(H,17,19,20). The molecule has 6 heteroatoms. The van der Waals surface area contributed by atoms with Gasteiger partial charge in [0.15, 0.2) is 5.16 Å². The number of aryl methyl sites for hydroxylation is 1. The van der Waals surface area contributed by atoms with Crippen molar-refractivity contribution in [3.05, 3.63) is 63.2 Å². The third-order valence-corrected chi connectivity index (χ3v) is 4.21. The van der Waals surface area contributed by atoms with Crippen molar-refractivity contribution < 1.29 is 0 Å². The molecule has 2 aromatic heterocycles. The van der Waals surface area contributed by atoms with Crippen LogP contribution in [0.5, 0.6) is 0 Å². The molecule has 0 unspecified atom stereocenters. The first kappa shape index (κ1) is 14.1. The van der Waals surface area contributed by atoms with Crippen LogP contribution in [0, 0.1) is 6.92 Å². The first-order valence-electron chi connectivity index (χ1n) is 6.37. The number of benzene rings is 1. The van der Waals surface area contributed by atoms with Crippen molar-refractivity contribution in [2.24, 2.45) is 0 Å². The lowest BCUT2D eigenvalue weighted by atomic mass is 10.2. The van der Waals surface area contributed by atoms with E-state index in [9.17, 15) is 4.79 Å². The maximum atomic E-state index is 11.4. The van der Waals surface area contributed by atoms with Crippen molar-refractivity contribution in [2.75, 3.05) is 0 Å². The van der Waals surface area contributed by atoms with Crippen LogP contribution in [0.3, 0.4) is 0 Å². The molecular formula is C15H12ClN3OS. The molecule has 0 spiro atoms. The van der Waals surface area contributed by atoms with E-state index < -0.39 is 0 Å². The molecule has 3 rings (SSSR count). The van der Waals surface area contributed by atoms with Gasteiger partial charge in [-0.25, -0.2) is 9.97 Å². The van der Waals surface area contributed by atoms with Gasteiger partial charge in [0.1, 0.15) is 5.15 Å². The highest BCUT2D eigenvalue weighted by Crippen LogP contribution is 2.26. The fraction of sp³-hybridized carbons (Fsp3) is 0.133. The van der Waals surface area contributed by atoms with Crippen molar-refractivity contribution in [2.45, 2.75) is 17.8 Å². The highest BCUT2D eigenvalue weighted by Gasteiger charge is 2.07. The Morgan fingerprint density at radius 2 is 2.05 bits per heavy atom. The van der Waals surface area contributed by atoms with Gasteiger partial charge >= 0.3 is 0 Å². The SMILES string of the molecule is Cc1cc(=O)[nH]c(SCc2cc3ccccc3nc2Cl)n1. The van der Waals surface area contributed by atoms with Crippen LogP contribution in [0.2, 0.25) is 5.15 Å². The van der Waals surface area contributed by atoms with Crippen LogP contribution >= 0.6 is 23.4 Å². The van der Waals surface area contributed by atoms with E-state index >= 15 is 0 Å². The van der Waals surface area contributed by atoms with E-state index in [1.165, 1.54) is 17.8 Å². The predicted octanol–water partition coefficient (Wildman–Crippen LogP) is 3.57. The number of para-hydroxylation sites is 1. The van der Waals surface area contributed by atoms with E-state index in [1.807, 2.05) is 30.3 Å². The highest BCUT2D eigenvalue weighted by atomic mass is 35.5. The van der Waals surface area contributed by atoms with E-state index in [-0.39, 0.29) is 5.56 Å². The fourth-order valence-electron chi connectivity index (χ4n) is 2.00.